The molecule has 0 unspecified atom stereocenters. The predicted octanol–water partition coefficient (Wildman–Crippen LogP) is 3.41. The summed E-state index contributed by atoms with van der Waals surface area (Å²) in [4.78, 5) is 22.7. The van der Waals surface area contributed by atoms with E-state index in [9.17, 15) is 4.79 Å². The number of pyridine rings is 1. The minimum absolute atomic E-state index is 0.0666. The smallest absolute Gasteiger partial charge is 0.228 e. The van der Waals surface area contributed by atoms with Gasteiger partial charge in [0.15, 0.2) is 0 Å². The predicted molar refractivity (Wildman–Crippen MR) is 92.0 cm³/mol. The fourth-order valence-electron chi connectivity index (χ4n) is 2.25. The van der Waals surface area contributed by atoms with Gasteiger partial charge in [-0.1, -0.05) is 30.3 Å². The van der Waals surface area contributed by atoms with Gasteiger partial charge in [0.05, 0.1) is 12.1 Å². The second-order valence-electron chi connectivity index (χ2n) is 5.30. The Kier molecular flexibility index (Phi) is 4.78. The van der Waals surface area contributed by atoms with Gasteiger partial charge < -0.3 is 4.90 Å². The van der Waals surface area contributed by atoms with Crippen molar-refractivity contribution in [2.24, 2.45) is 0 Å². The second-order valence-corrected chi connectivity index (χ2v) is 6.16. The molecule has 0 aliphatic heterocycles. The minimum Gasteiger partial charge on any atom is -0.341 e. The topological polar surface area (TPSA) is 46.1 Å². The summed E-state index contributed by atoms with van der Waals surface area (Å²) < 4.78 is 0. The van der Waals surface area contributed by atoms with Crippen LogP contribution in [0.3, 0.4) is 0 Å². The van der Waals surface area contributed by atoms with Crippen molar-refractivity contribution >= 4 is 17.2 Å². The molecule has 1 aromatic carbocycles. The maximum Gasteiger partial charge on any atom is 0.228 e. The molecule has 3 rings (SSSR count). The third-order valence-electron chi connectivity index (χ3n) is 3.48. The van der Waals surface area contributed by atoms with Gasteiger partial charge in [-0.25, -0.2) is 4.98 Å². The van der Waals surface area contributed by atoms with Crippen molar-refractivity contribution in [2.75, 3.05) is 7.05 Å². The Morgan fingerprint density at radius 3 is 2.74 bits per heavy atom. The van der Waals surface area contributed by atoms with Crippen LogP contribution in [0.15, 0.2) is 60.2 Å². The summed E-state index contributed by atoms with van der Waals surface area (Å²) in [5.41, 5.74) is 2.91. The number of carbonyl (C=O) groups excluding carboxylic acids is 1. The van der Waals surface area contributed by atoms with Crippen LogP contribution in [0.5, 0.6) is 0 Å². The first-order valence-electron chi connectivity index (χ1n) is 7.35. The molecular weight excluding hydrogens is 306 g/mol. The summed E-state index contributed by atoms with van der Waals surface area (Å²) in [6, 6.07) is 13.8. The van der Waals surface area contributed by atoms with Gasteiger partial charge in [-0.15, -0.1) is 11.3 Å². The number of benzene rings is 1. The molecule has 0 N–H and O–H groups in total. The van der Waals surface area contributed by atoms with Gasteiger partial charge in [0.2, 0.25) is 5.91 Å². The van der Waals surface area contributed by atoms with Gasteiger partial charge in [0.1, 0.15) is 5.01 Å². The van der Waals surface area contributed by atoms with E-state index < -0.39 is 0 Å². The summed E-state index contributed by atoms with van der Waals surface area (Å²) >= 11 is 1.54. The van der Waals surface area contributed by atoms with Crippen molar-refractivity contribution in [1.82, 2.24) is 14.9 Å². The van der Waals surface area contributed by atoms with Crippen molar-refractivity contribution in [1.29, 1.82) is 0 Å². The van der Waals surface area contributed by atoms with E-state index in [1.54, 1.807) is 17.3 Å². The molecule has 0 fully saturated rings. The molecule has 0 saturated heterocycles. The molecule has 0 atom stereocenters. The van der Waals surface area contributed by atoms with E-state index in [4.69, 9.17) is 0 Å². The highest BCUT2D eigenvalue weighted by atomic mass is 32.1. The number of hydrogen-bond acceptors (Lipinski definition) is 4. The van der Waals surface area contributed by atoms with Gasteiger partial charge in [0, 0.05) is 36.9 Å². The van der Waals surface area contributed by atoms with E-state index in [0.717, 1.165) is 21.8 Å². The van der Waals surface area contributed by atoms with Crippen LogP contribution in [0.1, 0.15) is 11.3 Å². The lowest BCUT2D eigenvalue weighted by Gasteiger charge is -2.16. The Bertz CT molecular complexity index is 771. The lowest BCUT2D eigenvalue weighted by molar-refractivity contribution is -0.129. The van der Waals surface area contributed by atoms with Crippen molar-refractivity contribution in [2.45, 2.75) is 13.0 Å². The maximum absolute atomic E-state index is 12.3. The summed E-state index contributed by atoms with van der Waals surface area (Å²) in [6.07, 6.45) is 3.84. The number of likely N-dealkylation sites (N-methyl/N-ethyl adjacent to an activating group) is 1. The summed E-state index contributed by atoms with van der Waals surface area (Å²) in [6.45, 7) is 0.610. The molecule has 0 aliphatic rings. The number of nitrogens with zero attached hydrogens (tertiary/aromatic N) is 3. The van der Waals surface area contributed by atoms with Crippen LogP contribution in [0.4, 0.5) is 0 Å². The monoisotopic (exact) mass is 323 g/mol. The Morgan fingerprint density at radius 2 is 2.00 bits per heavy atom. The second kappa shape index (κ2) is 7.15. The molecule has 0 spiro atoms. The molecular formula is C18H17N3OS. The minimum atomic E-state index is 0.0666. The fraction of sp³-hybridized carbons (Fsp3) is 0.167. The third kappa shape index (κ3) is 4.02. The molecule has 0 bridgehead atoms. The summed E-state index contributed by atoms with van der Waals surface area (Å²) in [5.74, 6) is 0.0666. The number of aromatic nitrogens is 2. The van der Waals surface area contributed by atoms with Crippen molar-refractivity contribution in [3.63, 3.8) is 0 Å². The van der Waals surface area contributed by atoms with Gasteiger partial charge in [-0.3, -0.25) is 9.78 Å². The lowest BCUT2D eigenvalue weighted by Crippen LogP contribution is -2.27. The maximum atomic E-state index is 12.3. The van der Waals surface area contributed by atoms with Crippen LogP contribution in [0.2, 0.25) is 0 Å². The van der Waals surface area contributed by atoms with E-state index in [-0.39, 0.29) is 5.91 Å². The molecule has 2 aromatic heterocycles. The van der Waals surface area contributed by atoms with E-state index in [1.165, 1.54) is 11.3 Å². The molecule has 116 valence electrons. The Morgan fingerprint density at radius 1 is 1.17 bits per heavy atom. The zero-order valence-electron chi connectivity index (χ0n) is 12.8. The quantitative estimate of drug-likeness (QED) is 0.723. The van der Waals surface area contributed by atoms with Crippen LogP contribution in [-0.4, -0.2) is 27.8 Å². The van der Waals surface area contributed by atoms with Crippen LogP contribution < -0.4 is 0 Å². The number of amides is 1. The van der Waals surface area contributed by atoms with E-state index >= 15 is 0 Å². The lowest BCUT2D eigenvalue weighted by atomic mass is 10.2. The first kappa shape index (κ1) is 15.4. The Hall–Kier alpha value is -2.53. The molecule has 0 radical (unpaired) electrons. The third-order valence-corrected chi connectivity index (χ3v) is 4.42. The first-order valence-corrected chi connectivity index (χ1v) is 8.23. The average Bonchev–Trinajstić information content (AvgIpc) is 3.05. The average molecular weight is 323 g/mol. The fourth-order valence-corrected chi connectivity index (χ4v) is 3.06. The molecule has 0 aliphatic carbocycles. The number of hydrogen-bond donors (Lipinski definition) is 0. The highest BCUT2D eigenvalue weighted by Crippen LogP contribution is 2.23. The van der Waals surface area contributed by atoms with E-state index in [1.807, 2.05) is 54.9 Å². The highest BCUT2D eigenvalue weighted by Gasteiger charge is 2.13. The molecule has 4 nitrogen and oxygen atoms in total. The Labute approximate surface area is 139 Å². The molecule has 2 heterocycles. The van der Waals surface area contributed by atoms with Crippen LogP contribution in [0.25, 0.3) is 10.6 Å². The van der Waals surface area contributed by atoms with E-state index in [2.05, 4.69) is 9.97 Å². The number of carbonyl (C=O) groups is 1. The van der Waals surface area contributed by atoms with Gasteiger partial charge in [0.25, 0.3) is 0 Å². The van der Waals surface area contributed by atoms with Crippen molar-refractivity contribution < 1.29 is 4.79 Å². The normalized spacial score (nSPS) is 10.5. The number of thiazole rings is 1. The largest absolute Gasteiger partial charge is 0.341 e. The SMILES string of the molecule is CN(Cc1ccccc1)C(=O)Cc1csc(-c2cccnc2)n1. The standard InChI is InChI=1S/C18H17N3OS/c1-21(12-14-6-3-2-4-7-14)17(22)10-16-13-23-18(20-16)15-8-5-9-19-11-15/h2-9,11,13H,10,12H2,1H3. The summed E-state index contributed by atoms with van der Waals surface area (Å²) in [5, 5.41) is 2.84. The van der Waals surface area contributed by atoms with Gasteiger partial charge >= 0.3 is 0 Å². The van der Waals surface area contributed by atoms with E-state index in [0.29, 0.717) is 13.0 Å². The zero-order valence-corrected chi connectivity index (χ0v) is 13.7. The number of rotatable bonds is 5. The first-order chi connectivity index (χ1) is 11.2. The molecule has 3 aromatic rings. The zero-order chi connectivity index (χ0) is 16.1. The van der Waals surface area contributed by atoms with Gasteiger partial charge in [-0.05, 0) is 17.7 Å². The van der Waals surface area contributed by atoms with Crippen LogP contribution in [-0.2, 0) is 17.8 Å². The van der Waals surface area contributed by atoms with Crippen molar-refractivity contribution in [3.05, 3.63) is 71.5 Å². The molecule has 23 heavy (non-hydrogen) atoms. The van der Waals surface area contributed by atoms with Gasteiger partial charge in [-0.2, -0.15) is 0 Å². The molecule has 5 heteroatoms. The molecule has 0 saturated carbocycles. The highest BCUT2D eigenvalue weighted by molar-refractivity contribution is 7.13. The molecule has 1 amide bonds. The van der Waals surface area contributed by atoms with Crippen molar-refractivity contribution in [3.8, 4) is 10.6 Å². The van der Waals surface area contributed by atoms with Crippen LogP contribution in [0, 0.1) is 0 Å². The van der Waals surface area contributed by atoms with Crippen LogP contribution >= 0.6 is 11.3 Å². The summed E-state index contributed by atoms with van der Waals surface area (Å²) in [7, 11) is 1.82. The Balaban J connectivity index is 1.63.